The number of hydrogen-bond donors (Lipinski definition) is 1. The van der Waals surface area contributed by atoms with E-state index in [1.54, 1.807) is 0 Å². The fraction of sp³-hybridized carbons (Fsp3) is 0.167. The Morgan fingerprint density at radius 2 is 1.50 bits per heavy atom. The number of aromatic carboxylic acids is 1. The van der Waals surface area contributed by atoms with E-state index in [0.717, 1.165) is 11.0 Å². The number of rotatable bonds is 2. The summed E-state index contributed by atoms with van der Waals surface area (Å²) in [5.74, 6) is -2.87. The fourth-order valence-corrected chi connectivity index (χ4v) is 1.88. The molecule has 1 aliphatic rings. The van der Waals surface area contributed by atoms with Gasteiger partial charge in [0.1, 0.15) is 0 Å². The molecule has 0 unspecified atom stereocenters. The van der Waals surface area contributed by atoms with Gasteiger partial charge in [-0.15, -0.1) is 0 Å². The third-order valence-electron chi connectivity index (χ3n) is 2.84. The summed E-state index contributed by atoms with van der Waals surface area (Å²) in [5.41, 5.74) is -0.252. The van der Waals surface area contributed by atoms with Gasteiger partial charge in [-0.25, -0.2) is 4.79 Å². The van der Waals surface area contributed by atoms with Crippen molar-refractivity contribution in [3.05, 3.63) is 34.4 Å². The monoisotopic (exact) mass is 247 g/mol. The minimum Gasteiger partial charge on any atom is -0.478 e. The van der Waals surface area contributed by atoms with Crippen LogP contribution in [0, 0.1) is 0 Å². The van der Waals surface area contributed by atoms with Crippen LogP contribution in [0.25, 0.3) is 0 Å². The lowest BCUT2D eigenvalue weighted by Crippen LogP contribution is -2.24. The van der Waals surface area contributed by atoms with Crippen molar-refractivity contribution in [2.75, 3.05) is 7.05 Å². The highest BCUT2D eigenvalue weighted by Gasteiger charge is 2.35. The molecule has 1 heterocycles. The normalized spacial score (nSPS) is 13.8. The topological polar surface area (TPSA) is 91.8 Å². The Hall–Kier alpha value is -2.50. The van der Waals surface area contributed by atoms with Crippen molar-refractivity contribution in [2.45, 2.75) is 6.92 Å². The summed E-state index contributed by atoms with van der Waals surface area (Å²) in [7, 11) is 1.30. The lowest BCUT2D eigenvalue weighted by Gasteiger charge is -2.04. The Labute approximate surface area is 102 Å². The zero-order valence-corrected chi connectivity index (χ0v) is 9.68. The van der Waals surface area contributed by atoms with Crippen LogP contribution in [0.5, 0.6) is 0 Å². The highest BCUT2D eigenvalue weighted by Crippen LogP contribution is 2.25. The highest BCUT2D eigenvalue weighted by atomic mass is 16.4. The van der Waals surface area contributed by atoms with Crippen LogP contribution in [-0.4, -0.2) is 40.6 Å². The number of carboxylic acids is 1. The molecule has 0 aliphatic carbocycles. The van der Waals surface area contributed by atoms with E-state index < -0.39 is 23.6 Å². The van der Waals surface area contributed by atoms with E-state index in [1.807, 2.05) is 0 Å². The Morgan fingerprint density at radius 3 is 1.89 bits per heavy atom. The van der Waals surface area contributed by atoms with Crippen molar-refractivity contribution in [2.24, 2.45) is 0 Å². The molecule has 0 saturated heterocycles. The molecule has 18 heavy (non-hydrogen) atoms. The molecular weight excluding hydrogens is 238 g/mol. The smallest absolute Gasteiger partial charge is 0.336 e. The van der Waals surface area contributed by atoms with Gasteiger partial charge in [0.25, 0.3) is 11.8 Å². The summed E-state index contributed by atoms with van der Waals surface area (Å²) < 4.78 is 0. The zero-order chi connectivity index (χ0) is 13.6. The van der Waals surface area contributed by atoms with Crippen LogP contribution in [0.2, 0.25) is 0 Å². The maximum absolute atomic E-state index is 11.7. The number of fused-ring (bicyclic) bond motifs is 1. The lowest BCUT2D eigenvalue weighted by atomic mass is 9.97. The van der Waals surface area contributed by atoms with Crippen LogP contribution >= 0.6 is 0 Å². The maximum Gasteiger partial charge on any atom is 0.336 e. The number of benzene rings is 1. The van der Waals surface area contributed by atoms with Crippen molar-refractivity contribution in [1.29, 1.82) is 0 Å². The third kappa shape index (κ3) is 1.50. The first-order valence-corrected chi connectivity index (χ1v) is 5.09. The van der Waals surface area contributed by atoms with Gasteiger partial charge in [0.2, 0.25) is 0 Å². The van der Waals surface area contributed by atoms with Gasteiger partial charge in [-0.2, -0.15) is 0 Å². The minimum atomic E-state index is -1.31. The van der Waals surface area contributed by atoms with Gasteiger partial charge >= 0.3 is 5.97 Å². The van der Waals surface area contributed by atoms with Gasteiger partial charge in [-0.3, -0.25) is 19.3 Å². The average molecular weight is 247 g/mol. The first kappa shape index (κ1) is 12.0. The molecule has 1 aromatic rings. The number of amides is 2. The molecule has 0 spiro atoms. The van der Waals surface area contributed by atoms with Crippen molar-refractivity contribution >= 4 is 23.6 Å². The molecule has 0 aromatic heterocycles. The second-order valence-electron chi connectivity index (χ2n) is 3.97. The molecule has 0 atom stereocenters. The SMILES string of the molecule is CC(=O)c1cc2c(cc1C(=O)O)C(=O)N(C)C2=O. The number of hydrogen-bond acceptors (Lipinski definition) is 4. The molecular formula is C12H9NO5. The number of carboxylic acid groups (broad SMARTS) is 1. The Balaban J connectivity index is 2.76. The molecule has 2 rings (SSSR count). The first-order chi connectivity index (χ1) is 8.34. The average Bonchev–Trinajstić information content (AvgIpc) is 2.53. The number of nitrogens with zero attached hydrogens (tertiary/aromatic N) is 1. The maximum atomic E-state index is 11.7. The van der Waals surface area contributed by atoms with Crippen LogP contribution in [0.1, 0.15) is 48.4 Å². The summed E-state index contributed by atoms with van der Waals surface area (Å²) in [4.78, 5) is 46.7. The van der Waals surface area contributed by atoms with E-state index in [1.165, 1.54) is 20.0 Å². The van der Waals surface area contributed by atoms with Crippen LogP contribution < -0.4 is 0 Å². The van der Waals surface area contributed by atoms with E-state index in [-0.39, 0.29) is 22.3 Å². The Bertz CT molecular complexity index is 564. The van der Waals surface area contributed by atoms with Gasteiger partial charge in [0, 0.05) is 12.6 Å². The molecule has 0 radical (unpaired) electrons. The molecule has 1 N–H and O–H groups in total. The van der Waals surface area contributed by atoms with Crippen LogP contribution in [0.4, 0.5) is 0 Å². The highest BCUT2D eigenvalue weighted by molar-refractivity contribution is 6.23. The van der Waals surface area contributed by atoms with E-state index in [2.05, 4.69) is 0 Å². The molecule has 6 nitrogen and oxygen atoms in total. The fourth-order valence-electron chi connectivity index (χ4n) is 1.88. The predicted octanol–water partition coefficient (Wildman–Crippen LogP) is 0.813. The number of imide groups is 1. The standard InChI is InChI=1S/C12H9NO5/c1-5(14)6-3-7-8(4-9(6)12(17)18)11(16)13(2)10(7)15/h3-4H,1-2H3,(H,17,18). The van der Waals surface area contributed by atoms with E-state index >= 15 is 0 Å². The molecule has 0 fully saturated rings. The van der Waals surface area contributed by atoms with Gasteiger partial charge < -0.3 is 5.11 Å². The van der Waals surface area contributed by atoms with Gasteiger partial charge in [0.05, 0.1) is 16.7 Å². The Kier molecular flexibility index (Phi) is 2.50. The summed E-state index contributed by atoms with van der Waals surface area (Å²) in [5, 5.41) is 9.00. The molecule has 0 bridgehead atoms. The van der Waals surface area contributed by atoms with Crippen molar-refractivity contribution < 1.29 is 24.3 Å². The zero-order valence-electron chi connectivity index (χ0n) is 9.68. The minimum absolute atomic E-state index is 0.0184. The summed E-state index contributed by atoms with van der Waals surface area (Å²) in [6.07, 6.45) is 0. The van der Waals surface area contributed by atoms with Crippen LogP contribution in [-0.2, 0) is 0 Å². The summed E-state index contributed by atoms with van der Waals surface area (Å²) >= 11 is 0. The van der Waals surface area contributed by atoms with Crippen LogP contribution in [0.15, 0.2) is 12.1 Å². The van der Waals surface area contributed by atoms with E-state index in [9.17, 15) is 19.2 Å². The predicted molar refractivity (Wildman–Crippen MR) is 59.8 cm³/mol. The lowest BCUT2D eigenvalue weighted by molar-refractivity contribution is 0.0684. The Morgan fingerprint density at radius 1 is 1.06 bits per heavy atom. The molecule has 6 heteroatoms. The van der Waals surface area contributed by atoms with Crippen LogP contribution in [0.3, 0.4) is 0 Å². The van der Waals surface area contributed by atoms with Crippen molar-refractivity contribution in [3.63, 3.8) is 0 Å². The largest absolute Gasteiger partial charge is 0.478 e. The van der Waals surface area contributed by atoms with Crippen molar-refractivity contribution in [1.82, 2.24) is 4.90 Å². The molecule has 2 amide bonds. The summed E-state index contributed by atoms with van der Waals surface area (Å²) in [6, 6.07) is 2.25. The molecule has 92 valence electrons. The number of carbonyl (C=O) groups is 4. The van der Waals surface area contributed by atoms with Gasteiger partial charge in [0.15, 0.2) is 5.78 Å². The van der Waals surface area contributed by atoms with E-state index in [0.29, 0.717) is 0 Å². The summed E-state index contributed by atoms with van der Waals surface area (Å²) in [6.45, 7) is 1.21. The number of ketones is 1. The molecule has 0 saturated carbocycles. The van der Waals surface area contributed by atoms with Crippen molar-refractivity contribution in [3.8, 4) is 0 Å². The quantitative estimate of drug-likeness (QED) is 0.616. The van der Waals surface area contributed by atoms with E-state index in [4.69, 9.17) is 5.11 Å². The van der Waals surface area contributed by atoms with Gasteiger partial charge in [-0.05, 0) is 19.1 Å². The molecule has 1 aliphatic heterocycles. The second-order valence-corrected chi connectivity index (χ2v) is 3.97. The number of Topliss-reactive ketones (excluding diaryl/α,β-unsaturated/α-hetero) is 1. The number of carbonyl (C=O) groups excluding carboxylic acids is 3. The first-order valence-electron chi connectivity index (χ1n) is 5.09. The second kappa shape index (κ2) is 3.76. The third-order valence-corrected chi connectivity index (χ3v) is 2.84. The molecule has 1 aromatic carbocycles. The van der Waals surface area contributed by atoms with Gasteiger partial charge in [-0.1, -0.05) is 0 Å².